The smallest absolute Gasteiger partial charge is 0.278 e. The monoisotopic (exact) mass is 408 g/mol. The third-order valence-corrected chi connectivity index (χ3v) is 5.73. The van der Waals surface area contributed by atoms with Crippen molar-refractivity contribution in [1.82, 2.24) is 19.6 Å². The van der Waals surface area contributed by atoms with E-state index in [1.807, 2.05) is 19.1 Å². The minimum Gasteiger partial charge on any atom is -0.335 e. The Kier molecular flexibility index (Phi) is 5.63. The van der Waals surface area contributed by atoms with E-state index in [9.17, 15) is 14.0 Å². The Morgan fingerprint density at radius 3 is 2.53 bits per heavy atom. The zero-order valence-corrected chi connectivity index (χ0v) is 17.3. The highest BCUT2D eigenvalue weighted by atomic mass is 19.1. The highest BCUT2D eigenvalue weighted by Crippen LogP contribution is 2.15. The van der Waals surface area contributed by atoms with Crippen molar-refractivity contribution < 1.29 is 9.18 Å². The molecule has 0 saturated carbocycles. The van der Waals surface area contributed by atoms with E-state index in [2.05, 4.69) is 29.1 Å². The number of nitrogens with zero attached hydrogens (tertiary/aromatic N) is 4. The summed E-state index contributed by atoms with van der Waals surface area (Å²) in [6.07, 6.45) is 0. The molecule has 2 aromatic carbocycles. The number of aryl methyl sites for hydroxylation is 2. The first-order valence-corrected chi connectivity index (χ1v) is 10.2. The predicted molar refractivity (Wildman–Crippen MR) is 114 cm³/mol. The van der Waals surface area contributed by atoms with Crippen molar-refractivity contribution in [2.24, 2.45) is 0 Å². The second kappa shape index (κ2) is 8.36. The van der Waals surface area contributed by atoms with Gasteiger partial charge in [0.1, 0.15) is 5.82 Å². The van der Waals surface area contributed by atoms with E-state index in [0.717, 1.165) is 19.6 Å². The minimum absolute atomic E-state index is 0.137. The van der Waals surface area contributed by atoms with E-state index >= 15 is 0 Å². The molecule has 4 rings (SSSR count). The van der Waals surface area contributed by atoms with Gasteiger partial charge in [-0.25, -0.2) is 4.39 Å². The summed E-state index contributed by atoms with van der Waals surface area (Å²) in [4.78, 5) is 29.9. The number of piperazine rings is 1. The molecule has 7 heteroatoms. The first-order chi connectivity index (χ1) is 14.5. The lowest BCUT2D eigenvalue weighted by Crippen LogP contribution is -2.49. The lowest BCUT2D eigenvalue weighted by molar-refractivity contribution is 0.0619. The topological polar surface area (TPSA) is 58.4 Å². The highest BCUT2D eigenvalue weighted by Gasteiger charge is 2.26. The van der Waals surface area contributed by atoms with Crippen LogP contribution in [0.2, 0.25) is 0 Å². The normalized spacial score (nSPS) is 15.0. The number of hydrogen-bond donors (Lipinski definition) is 0. The summed E-state index contributed by atoms with van der Waals surface area (Å²) < 4.78 is 15.3. The SMILES string of the molecule is CCn1nc(C(=O)N2CCN(Cc3ccccc3C)CC2)c(=O)c2cc(F)ccc21. The minimum atomic E-state index is -0.512. The van der Waals surface area contributed by atoms with Gasteiger partial charge in [0.2, 0.25) is 5.43 Å². The van der Waals surface area contributed by atoms with E-state index < -0.39 is 11.2 Å². The Morgan fingerprint density at radius 1 is 1.10 bits per heavy atom. The number of hydrogen-bond acceptors (Lipinski definition) is 4. The van der Waals surface area contributed by atoms with E-state index in [1.54, 1.807) is 9.58 Å². The number of amides is 1. The molecule has 1 amide bonds. The van der Waals surface area contributed by atoms with Crippen LogP contribution in [-0.4, -0.2) is 51.7 Å². The van der Waals surface area contributed by atoms with E-state index in [1.165, 1.54) is 29.3 Å². The van der Waals surface area contributed by atoms with E-state index in [-0.39, 0.29) is 17.0 Å². The first-order valence-electron chi connectivity index (χ1n) is 10.2. The Labute approximate surface area is 174 Å². The fourth-order valence-electron chi connectivity index (χ4n) is 3.93. The lowest BCUT2D eigenvalue weighted by Gasteiger charge is -2.34. The molecular formula is C23H25FN4O2. The zero-order chi connectivity index (χ0) is 21.3. The molecule has 3 aromatic rings. The summed E-state index contributed by atoms with van der Waals surface area (Å²) in [5.74, 6) is -0.888. The van der Waals surface area contributed by atoms with Crippen LogP contribution in [0.3, 0.4) is 0 Å². The van der Waals surface area contributed by atoms with Gasteiger partial charge in [-0.2, -0.15) is 5.10 Å². The van der Waals surface area contributed by atoms with Crippen LogP contribution in [0.1, 0.15) is 28.5 Å². The molecule has 0 unspecified atom stereocenters. The Morgan fingerprint density at radius 2 is 1.83 bits per heavy atom. The average Bonchev–Trinajstić information content (AvgIpc) is 2.76. The van der Waals surface area contributed by atoms with Gasteiger partial charge in [0.25, 0.3) is 5.91 Å². The van der Waals surface area contributed by atoms with Crippen LogP contribution in [0.4, 0.5) is 4.39 Å². The van der Waals surface area contributed by atoms with Crippen molar-refractivity contribution in [3.63, 3.8) is 0 Å². The van der Waals surface area contributed by atoms with Gasteiger partial charge in [-0.05, 0) is 43.2 Å². The summed E-state index contributed by atoms with van der Waals surface area (Å²) in [6, 6.07) is 12.3. The molecular weight excluding hydrogens is 383 g/mol. The van der Waals surface area contributed by atoms with E-state index in [4.69, 9.17) is 0 Å². The molecule has 0 radical (unpaired) electrons. The van der Waals surface area contributed by atoms with Crippen LogP contribution in [0, 0.1) is 12.7 Å². The maximum atomic E-state index is 13.7. The van der Waals surface area contributed by atoms with Crippen LogP contribution in [0.25, 0.3) is 10.9 Å². The van der Waals surface area contributed by atoms with Gasteiger partial charge < -0.3 is 4.90 Å². The van der Waals surface area contributed by atoms with E-state index in [0.29, 0.717) is 25.2 Å². The van der Waals surface area contributed by atoms with Crippen LogP contribution < -0.4 is 5.43 Å². The third kappa shape index (κ3) is 3.85. The summed E-state index contributed by atoms with van der Waals surface area (Å²) in [6.45, 7) is 7.80. The molecule has 1 aliphatic rings. The second-order valence-electron chi connectivity index (χ2n) is 7.65. The van der Waals surface area contributed by atoms with Crippen molar-refractivity contribution >= 4 is 16.8 Å². The molecule has 0 bridgehead atoms. The number of carbonyl (C=O) groups is 1. The zero-order valence-electron chi connectivity index (χ0n) is 17.3. The van der Waals surface area contributed by atoms with Crippen molar-refractivity contribution in [1.29, 1.82) is 0 Å². The van der Waals surface area contributed by atoms with Gasteiger partial charge in [-0.15, -0.1) is 0 Å². The van der Waals surface area contributed by atoms with Gasteiger partial charge in [-0.1, -0.05) is 24.3 Å². The highest BCUT2D eigenvalue weighted by molar-refractivity contribution is 5.95. The fraction of sp³-hybridized carbons (Fsp3) is 0.348. The van der Waals surface area contributed by atoms with Crippen LogP contribution in [0.5, 0.6) is 0 Å². The van der Waals surface area contributed by atoms with Gasteiger partial charge >= 0.3 is 0 Å². The van der Waals surface area contributed by atoms with Crippen LogP contribution in [-0.2, 0) is 13.1 Å². The van der Waals surface area contributed by atoms with Gasteiger partial charge in [-0.3, -0.25) is 19.2 Å². The van der Waals surface area contributed by atoms with Gasteiger partial charge in [0.15, 0.2) is 5.69 Å². The molecule has 1 aliphatic heterocycles. The summed E-state index contributed by atoms with van der Waals surface area (Å²) in [5, 5.41) is 4.49. The number of halogens is 1. The molecule has 6 nitrogen and oxygen atoms in total. The van der Waals surface area contributed by atoms with Crippen molar-refractivity contribution in [2.45, 2.75) is 26.9 Å². The van der Waals surface area contributed by atoms with Crippen molar-refractivity contribution in [2.75, 3.05) is 26.2 Å². The molecule has 0 atom stereocenters. The number of fused-ring (bicyclic) bond motifs is 1. The largest absolute Gasteiger partial charge is 0.335 e. The Hall–Kier alpha value is -3.06. The summed E-state index contributed by atoms with van der Waals surface area (Å²) in [7, 11) is 0. The first kappa shape index (κ1) is 20.2. The number of aromatic nitrogens is 2. The predicted octanol–water partition coefficient (Wildman–Crippen LogP) is 2.82. The van der Waals surface area contributed by atoms with Crippen LogP contribution in [0.15, 0.2) is 47.3 Å². The van der Waals surface area contributed by atoms with Crippen molar-refractivity contribution in [3.8, 4) is 0 Å². The molecule has 30 heavy (non-hydrogen) atoms. The summed E-state index contributed by atoms with van der Waals surface area (Å²) >= 11 is 0. The molecule has 156 valence electrons. The van der Waals surface area contributed by atoms with Gasteiger partial charge in [0.05, 0.1) is 10.9 Å². The molecule has 1 fully saturated rings. The number of rotatable bonds is 4. The molecule has 0 aliphatic carbocycles. The maximum absolute atomic E-state index is 13.7. The average molecular weight is 408 g/mol. The molecule has 0 spiro atoms. The third-order valence-electron chi connectivity index (χ3n) is 5.73. The molecule has 1 saturated heterocycles. The second-order valence-corrected chi connectivity index (χ2v) is 7.65. The summed E-state index contributed by atoms with van der Waals surface area (Å²) in [5.41, 5.74) is 2.41. The standard InChI is InChI=1S/C23H25FN4O2/c1-3-28-20-9-8-18(24)14-19(20)22(29)21(25-28)23(30)27-12-10-26(11-13-27)15-17-7-5-4-6-16(17)2/h4-9,14H,3,10-13,15H2,1-2H3. The molecule has 1 aromatic heterocycles. The Balaban J connectivity index is 1.53. The number of benzene rings is 2. The van der Waals surface area contributed by atoms with Gasteiger partial charge in [0, 0.05) is 39.3 Å². The quantitative estimate of drug-likeness (QED) is 0.666. The number of carbonyl (C=O) groups excluding carboxylic acids is 1. The lowest BCUT2D eigenvalue weighted by atomic mass is 10.1. The maximum Gasteiger partial charge on any atom is 0.278 e. The molecule has 0 N–H and O–H groups in total. The molecule has 2 heterocycles. The fourth-order valence-corrected chi connectivity index (χ4v) is 3.93. The Bertz CT molecular complexity index is 1150. The van der Waals surface area contributed by atoms with Crippen molar-refractivity contribution in [3.05, 3.63) is 75.3 Å². The van der Waals surface area contributed by atoms with Crippen LogP contribution >= 0.6 is 0 Å².